The van der Waals surface area contributed by atoms with E-state index in [-0.39, 0.29) is 11.7 Å². The number of hydrogen-bond acceptors (Lipinski definition) is 5. The molecule has 6 nitrogen and oxygen atoms in total. The fourth-order valence-electron chi connectivity index (χ4n) is 2.03. The molecule has 1 aromatic carbocycles. The van der Waals surface area contributed by atoms with E-state index < -0.39 is 12.0 Å². The molecule has 1 unspecified atom stereocenters. The first-order chi connectivity index (χ1) is 9.88. The molecule has 0 heterocycles. The summed E-state index contributed by atoms with van der Waals surface area (Å²) in [6, 6.07) is 2.69. The predicted molar refractivity (Wildman–Crippen MR) is 78.9 cm³/mol. The molecular formula is C15H23NO5. The number of phenols is 1. The number of rotatable bonds is 8. The Morgan fingerprint density at radius 3 is 2.14 bits per heavy atom. The lowest BCUT2D eigenvalue weighted by atomic mass is 10.0. The summed E-state index contributed by atoms with van der Waals surface area (Å²) in [6.07, 6.45) is 0.543. The number of methoxy groups -OCH3 is 2. The van der Waals surface area contributed by atoms with Gasteiger partial charge in [0.1, 0.15) is 6.04 Å². The maximum absolute atomic E-state index is 11.2. The van der Waals surface area contributed by atoms with Crippen LogP contribution in [0.3, 0.4) is 0 Å². The zero-order valence-corrected chi connectivity index (χ0v) is 12.8. The highest BCUT2D eigenvalue weighted by Crippen LogP contribution is 2.37. The van der Waals surface area contributed by atoms with Crippen LogP contribution >= 0.6 is 0 Å². The van der Waals surface area contributed by atoms with Crippen molar-refractivity contribution in [3.05, 3.63) is 17.7 Å². The number of ether oxygens (including phenoxy) is 2. The summed E-state index contributed by atoms with van der Waals surface area (Å²) in [6.45, 7) is 4.30. The van der Waals surface area contributed by atoms with Gasteiger partial charge >= 0.3 is 5.97 Å². The van der Waals surface area contributed by atoms with Crippen molar-refractivity contribution in [2.24, 2.45) is 5.92 Å². The zero-order chi connectivity index (χ0) is 16.0. The minimum absolute atomic E-state index is 0.0688. The summed E-state index contributed by atoms with van der Waals surface area (Å²) < 4.78 is 10.1. The van der Waals surface area contributed by atoms with E-state index in [9.17, 15) is 15.0 Å². The van der Waals surface area contributed by atoms with Crippen LogP contribution in [0.2, 0.25) is 0 Å². The second-order valence-corrected chi connectivity index (χ2v) is 5.25. The minimum atomic E-state index is -0.874. The highest BCUT2D eigenvalue weighted by Gasteiger charge is 2.19. The molecule has 0 aliphatic carbocycles. The summed E-state index contributed by atoms with van der Waals surface area (Å²) in [5, 5.41) is 22.0. The van der Waals surface area contributed by atoms with Crippen LogP contribution in [0.25, 0.3) is 0 Å². The van der Waals surface area contributed by atoms with Crippen molar-refractivity contribution < 1.29 is 24.5 Å². The minimum Gasteiger partial charge on any atom is -0.502 e. The topological polar surface area (TPSA) is 88.0 Å². The molecule has 1 aromatic rings. The Hall–Kier alpha value is -1.95. The molecule has 0 spiro atoms. The monoisotopic (exact) mass is 297 g/mol. The first-order valence-corrected chi connectivity index (χ1v) is 6.79. The average Bonchev–Trinajstić information content (AvgIpc) is 2.43. The maximum atomic E-state index is 11.2. The molecule has 0 amide bonds. The first-order valence-electron chi connectivity index (χ1n) is 6.79. The third-order valence-electron chi connectivity index (χ3n) is 3.10. The Bertz CT molecular complexity index is 462. The van der Waals surface area contributed by atoms with E-state index >= 15 is 0 Å². The Morgan fingerprint density at radius 1 is 1.24 bits per heavy atom. The number of aromatic hydroxyl groups is 1. The number of phenolic OH excluding ortho intramolecular Hbond substituents is 1. The smallest absolute Gasteiger partial charge is 0.320 e. The summed E-state index contributed by atoms with van der Waals surface area (Å²) in [5.74, 6) is -0.0756. The van der Waals surface area contributed by atoms with Crippen molar-refractivity contribution in [3.63, 3.8) is 0 Å². The molecule has 0 aliphatic rings. The fraction of sp³-hybridized carbons (Fsp3) is 0.533. The van der Waals surface area contributed by atoms with Crippen LogP contribution in [0.1, 0.15) is 25.8 Å². The Morgan fingerprint density at radius 2 is 1.76 bits per heavy atom. The largest absolute Gasteiger partial charge is 0.502 e. The lowest BCUT2D eigenvalue weighted by Gasteiger charge is -2.17. The van der Waals surface area contributed by atoms with Crippen molar-refractivity contribution >= 4 is 5.97 Å². The summed E-state index contributed by atoms with van der Waals surface area (Å²) in [7, 11) is 2.90. The molecule has 0 saturated heterocycles. The number of carbonyl (C=O) groups is 1. The number of benzene rings is 1. The lowest BCUT2D eigenvalue weighted by molar-refractivity contribution is -0.140. The number of carboxylic acids is 1. The molecule has 0 aromatic heterocycles. The first kappa shape index (κ1) is 17.1. The van der Waals surface area contributed by atoms with Gasteiger partial charge < -0.3 is 25.0 Å². The third kappa shape index (κ3) is 4.82. The SMILES string of the molecule is COc1cc(CNC(CC(C)C)C(=O)O)cc(OC)c1O. The highest BCUT2D eigenvalue weighted by atomic mass is 16.5. The van der Waals surface area contributed by atoms with Crippen molar-refractivity contribution in [2.45, 2.75) is 32.9 Å². The molecule has 0 bridgehead atoms. The van der Waals surface area contributed by atoms with E-state index in [0.29, 0.717) is 24.5 Å². The van der Waals surface area contributed by atoms with Crippen molar-refractivity contribution in [2.75, 3.05) is 14.2 Å². The van der Waals surface area contributed by atoms with Gasteiger partial charge in [-0.25, -0.2) is 0 Å². The highest BCUT2D eigenvalue weighted by molar-refractivity contribution is 5.73. The molecule has 1 atom stereocenters. The normalized spacial score (nSPS) is 12.2. The van der Waals surface area contributed by atoms with E-state index in [1.54, 1.807) is 12.1 Å². The van der Waals surface area contributed by atoms with Crippen LogP contribution in [0, 0.1) is 5.92 Å². The van der Waals surface area contributed by atoms with Crippen LogP contribution < -0.4 is 14.8 Å². The number of aliphatic carboxylic acids is 1. The molecule has 0 radical (unpaired) electrons. The van der Waals surface area contributed by atoms with Gasteiger partial charge in [0, 0.05) is 6.54 Å². The second kappa shape index (κ2) is 7.73. The van der Waals surface area contributed by atoms with Gasteiger partial charge in [-0.2, -0.15) is 0 Å². The van der Waals surface area contributed by atoms with Gasteiger partial charge in [0.15, 0.2) is 11.5 Å². The molecule has 0 fully saturated rings. The third-order valence-corrected chi connectivity index (χ3v) is 3.10. The molecule has 118 valence electrons. The van der Waals surface area contributed by atoms with E-state index in [0.717, 1.165) is 5.56 Å². The Labute approximate surface area is 124 Å². The second-order valence-electron chi connectivity index (χ2n) is 5.25. The van der Waals surface area contributed by atoms with Crippen LogP contribution in [0.15, 0.2) is 12.1 Å². The van der Waals surface area contributed by atoms with Gasteiger partial charge in [-0.15, -0.1) is 0 Å². The number of nitrogens with one attached hydrogen (secondary N) is 1. The standard InChI is InChI=1S/C15H23NO5/c1-9(2)5-11(15(18)19)16-8-10-6-12(20-3)14(17)13(7-10)21-4/h6-7,9,11,16-17H,5,8H2,1-4H3,(H,18,19). The average molecular weight is 297 g/mol. The van der Waals surface area contributed by atoms with Crippen molar-refractivity contribution in [1.29, 1.82) is 0 Å². The molecule has 6 heteroatoms. The predicted octanol–water partition coefficient (Wildman–Crippen LogP) is 2.00. The van der Waals surface area contributed by atoms with E-state index in [4.69, 9.17) is 9.47 Å². The molecule has 21 heavy (non-hydrogen) atoms. The van der Waals surface area contributed by atoms with E-state index in [1.807, 2.05) is 13.8 Å². The van der Waals surface area contributed by atoms with Gasteiger partial charge in [-0.1, -0.05) is 13.8 Å². The fourth-order valence-corrected chi connectivity index (χ4v) is 2.03. The van der Waals surface area contributed by atoms with Gasteiger partial charge in [0.05, 0.1) is 14.2 Å². The molecule has 0 saturated carbocycles. The number of carboxylic acid groups (broad SMARTS) is 1. The Kier molecular flexibility index (Phi) is 6.30. The van der Waals surface area contributed by atoms with Gasteiger partial charge in [0.25, 0.3) is 0 Å². The maximum Gasteiger partial charge on any atom is 0.320 e. The molecular weight excluding hydrogens is 274 g/mol. The molecule has 0 aliphatic heterocycles. The van der Waals surface area contributed by atoms with Crippen LogP contribution in [-0.2, 0) is 11.3 Å². The molecule has 1 rings (SSSR count). The lowest BCUT2D eigenvalue weighted by Crippen LogP contribution is -2.37. The van der Waals surface area contributed by atoms with E-state index in [2.05, 4.69) is 5.32 Å². The molecule has 3 N–H and O–H groups in total. The summed E-state index contributed by atoms with van der Waals surface area (Å²) in [4.78, 5) is 11.2. The van der Waals surface area contributed by atoms with Crippen molar-refractivity contribution in [1.82, 2.24) is 5.32 Å². The van der Waals surface area contributed by atoms with Crippen LogP contribution in [-0.4, -0.2) is 36.4 Å². The van der Waals surface area contributed by atoms with Crippen LogP contribution in [0.5, 0.6) is 17.2 Å². The van der Waals surface area contributed by atoms with Gasteiger partial charge in [-0.05, 0) is 30.0 Å². The summed E-state index contributed by atoms with van der Waals surface area (Å²) >= 11 is 0. The quantitative estimate of drug-likeness (QED) is 0.680. The van der Waals surface area contributed by atoms with Gasteiger partial charge in [-0.3, -0.25) is 4.79 Å². The Balaban J connectivity index is 2.84. The van der Waals surface area contributed by atoms with E-state index in [1.165, 1.54) is 14.2 Å². The number of hydrogen-bond donors (Lipinski definition) is 3. The zero-order valence-electron chi connectivity index (χ0n) is 12.8. The van der Waals surface area contributed by atoms with Crippen molar-refractivity contribution in [3.8, 4) is 17.2 Å². The van der Waals surface area contributed by atoms with Gasteiger partial charge in [0.2, 0.25) is 5.75 Å². The van der Waals surface area contributed by atoms with Crippen LogP contribution in [0.4, 0.5) is 0 Å². The summed E-state index contributed by atoms with van der Waals surface area (Å²) in [5.41, 5.74) is 0.775.